The topological polar surface area (TPSA) is 96.7 Å². The Hall–Kier alpha value is -2.37. The van der Waals surface area contributed by atoms with Gasteiger partial charge in [-0.15, -0.1) is 34.2 Å². The minimum absolute atomic E-state index is 0. The Morgan fingerprint density at radius 3 is 2.83 bits per heavy atom. The molecule has 0 spiro atoms. The van der Waals surface area contributed by atoms with E-state index in [1.807, 2.05) is 28.8 Å². The Morgan fingerprint density at radius 2 is 2.03 bits per heavy atom. The molecule has 0 radical (unpaired) electrons. The van der Waals surface area contributed by atoms with Crippen LogP contribution in [-0.2, 0) is 17.8 Å². The van der Waals surface area contributed by atoms with Crippen molar-refractivity contribution >= 4 is 41.5 Å². The Balaban J connectivity index is 0.00000300. The molecule has 0 fully saturated rings. The standard InChI is InChI=1S/C19H27N7O2.HI/c1-3-17-24-23-14-25(17)12-10-22-19(20-2)21-9-6-11-26-15-7-4-5-8-16(15)28-13-18(26)27;/h4-5,7-8,14H,3,6,9-13H2,1-2H3,(H2,20,21,22);1H. The molecule has 0 atom stereocenters. The normalized spacial score (nSPS) is 13.4. The van der Waals surface area contributed by atoms with Crippen LogP contribution in [0.1, 0.15) is 19.2 Å². The van der Waals surface area contributed by atoms with Crippen LogP contribution in [0.15, 0.2) is 35.6 Å². The number of nitrogens with zero attached hydrogens (tertiary/aromatic N) is 5. The average molecular weight is 513 g/mol. The molecule has 2 N–H and O–H groups in total. The average Bonchev–Trinajstić information content (AvgIpc) is 3.18. The molecule has 9 nitrogen and oxygen atoms in total. The van der Waals surface area contributed by atoms with E-state index in [4.69, 9.17) is 4.74 Å². The number of rotatable bonds is 8. The van der Waals surface area contributed by atoms with Crippen LogP contribution < -0.4 is 20.3 Å². The smallest absolute Gasteiger partial charge is 0.265 e. The number of ether oxygens (including phenoxy) is 1. The number of guanidine groups is 1. The van der Waals surface area contributed by atoms with Crippen LogP contribution in [0.4, 0.5) is 5.69 Å². The number of amides is 1. The van der Waals surface area contributed by atoms with Gasteiger partial charge >= 0.3 is 0 Å². The summed E-state index contributed by atoms with van der Waals surface area (Å²) in [6.45, 7) is 4.99. The molecular formula is C19H28IN7O2. The summed E-state index contributed by atoms with van der Waals surface area (Å²) in [5, 5.41) is 14.6. The summed E-state index contributed by atoms with van der Waals surface area (Å²) in [7, 11) is 1.74. The summed E-state index contributed by atoms with van der Waals surface area (Å²) in [6, 6.07) is 7.62. The predicted octanol–water partition coefficient (Wildman–Crippen LogP) is 1.44. The lowest BCUT2D eigenvalue weighted by Gasteiger charge is -2.29. The highest BCUT2D eigenvalue weighted by Crippen LogP contribution is 2.31. The minimum Gasteiger partial charge on any atom is -0.482 e. The Morgan fingerprint density at radius 1 is 1.24 bits per heavy atom. The van der Waals surface area contributed by atoms with Gasteiger partial charge in [-0.3, -0.25) is 9.79 Å². The summed E-state index contributed by atoms with van der Waals surface area (Å²) in [4.78, 5) is 18.2. The molecule has 1 aliphatic rings. The molecule has 0 bridgehead atoms. The van der Waals surface area contributed by atoms with Crippen molar-refractivity contribution in [2.45, 2.75) is 26.3 Å². The van der Waals surface area contributed by atoms with Crippen molar-refractivity contribution < 1.29 is 9.53 Å². The molecular weight excluding hydrogens is 485 g/mol. The first-order chi connectivity index (χ1) is 13.7. The number of fused-ring (bicyclic) bond motifs is 1. The van der Waals surface area contributed by atoms with E-state index in [0.717, 1.165) is 49.2 Å². The van der Waals surface area contributed by atoms with Crippen LogP contribution >= 0.6 is 24.0 Å². The maximum atomic E-state index is 12.2. The number of carbonyl (C=O) groups is 1. The number of nitrogens with one attached hydrogen (secondary N) is 2. The van der Waals surface area contributed by atoms with Gasteiger partial charge in [0.05, 0.1) is 5.69 Å². The van der Waals surface area contributed by atoms with E-state index in [1.54, 1.807) is 18.3 Å². The molecule has 29 heavy (non-hydrogen) atoms. The lowest BCUT2D eigenvalue weighted by molar-refractivity contribution is -0.121. The van der Waals surface area contributed by atoms with Gasteiger partial charge in [0.15, 0.2) is 12.6 Å². The van der Waals surface area contributed by atoms with Gasteiger partial charge < -0.3 is 24.8 Å². The summed E-state index contributed by atoms with van der Waals surface area (Å²) in [6.07, 6.45) is 3.40. The molecule has 158 valence electrons. The summed E-state index contributed by atoms with van der Waals surface area (Å²) in [5.41, 5.74) is 0.835. The van der Waals surface area contributed by atoms with Gasteiger partial charge in [-0.25, -0.2) is 0 Å². The molecule has 0 saturated carbocycles. The first-order valence-electron chi connectivity index (χ1n) is 9.56. The quantitative estimate of drug-likeness (QED) is 0.240. The van der Waals surface area contributed by atoms with Crippen LogP contribution in [0.25, 0.3) is 0 Å². The Kier molecular flexibility index (Phi) is 9.16. The van der Waals surface area contributed by atoms with Gasteiger partial charge in [0.2, 0.25) is 0 Å². The fourth-order valence-electron chi connectivity index (χ4n) is 3.10. The number of aromatic nitrogens is 3. The van der Waals surface area contributed by atoms with Gasteiger partial charge in [-0.1, -0.05) is 19.1 Å². The maximum absolute atomic E-state index is 12.2. The molecule has 2 heterocycles. The molecule has 2 aromatic rings. The molecule has 1 aliphatic heterocycles. The second-order valence-electron chi connectivity index (χ2n) is 6.38. The SMILES string of the molecule is CCc1nncn1CCNC(=NC)NCCCN1C(=O)COc2ccccc21.I. The fraction of sp³-hybridized carbons (Fsp3) is 0.474. The maximum Gasteiger partial charge on any atom is 0.265 e. The molecule has 1 amide bonds. The minimum atomic E-state index is -0.0122. The van der Waals surface area contributed by atoms with Gasteiger partial charge in [0, 0.05) is 39.6 Å². The third-order valence-electron chi connectivity index (χ3n) is 4.54. The molecule has 3 rings (SSSR count). The van der Waals surface area contributed by atoms with E-state index in [1.165, 1.54) is 0 Å². The molecule has 10 heteroatoms. The van der Waals surface area contributed by atoms with Gasteiger partial charge in [-0.05, 0) is 18.6 Å². The number of para-hydroxylation sites is 2. The highest BCUT2D eigenvalue weighted by atomic mass is 127. The van der Waals surface area contributed by atoms with Crippen molar-refractivity contribution in [3.05, 3.63) is 36.4 Å². The third-order valence-corrected chi connectivity index (χ3v) is 4.54. The Labute approximate surface area is 187 Å². The van der Waals surface area contributed by atoms with Crippen LogP contribution in [0, 0.1) is 0 Å². The first-order valence-corrected chi connectivity index (χ1v) is 9.56. The second kappa shape index (κ2) is 11.6. The molecule has 1 aromatic heterocycles. The summed E-state index contributed by atoms with van der Waals surface area (Å²) in [5.74, 6) is 2.45. The second-order valence-corrected chi connectivity index (χ2v) is 6.38. The van der Waals surface area contributed by atoms with Crippen molar-refractivity contribution in [1.82, 2.24) is 25.4 Å². The summed E-state index contributed by atoms with van der Waals surface area (Å²) >= 11 is 0. The van der Waals surface area contributed by atoms with E-state index in [9.17, 15) is 4.79 Å². The molecule has 1 aromatic carbocycles. The monoisotopic (exact) mass is 513 g/mol. The number of aryl methyl sites for hydroxylation is 1. The van der Waals surface area contributed by atoms with Crippen LogP contribution in [0.2, 0.25) is 0 Å². The third kappa shape index (κ3) is 6.05. The number of carbonyl (C=O) groups excluding carboxylic acids is 1. The molecule has 0 aliphatic carbocycles. The van der Waals surface area contributed by atoms with Crippen molar-refractivity contribution in [2.24, 2.45) is 4.99 Å². The van der Waals surface area contributed by atoms with Crippen LogP contribution in [0.5, 0.6) is 5.75 Å². The lowest BCUT2D eigenvalue weighted by atomic mass is 10.2. The van der Waals surface area contributed by atoms with Crippen molar-refractivity contribution in [1.29, 1.82) is 0 Å². The van der Waals surface area contributed by atoms with Crippen LogP contribution in [0.3, 0.4) is 0 Å². The first kappa shape index (κ1) is 22.9. The number of hydrogen-bond acceptors (Lipinski definition) is 5. The van der Waals surface area contributed by atoms with Crippen LogP contribution in [-0.4, -0.2) is 59.9 Å². The zero-order valence-corrected chi connectivity index (χ0v) is 19.1. The van der Waals surface area contributed by atoms with E-state index in [-0.39, 0.29) is 36.5 Å². The van der Waals surface area contributed by atoms with E-state index < -0.39 is 0 Å². The zero-order valence-electron chi connectivity index (χ0n) is 16.8. The fourth-order valence-corrected chi connectivity index (χ4v) is 3.10. The number of halogens is 1. The summed E-state index contributed by atoms with van der Waals surface area (Å²) < 4.78 is 7.50. The van der Waals surface area contributed by atoms with Crippen molar-refractivity contribution in [2.75, 3.05) is 38.2 Å². The number of aliphatic imine (C=N–C) groups is 1. The predicted molar refractivity (Wildman–Crippen MR) is 123 cm³/mol. The van der Waals surface area contributed by atoms with Crippen molar-refractivity contribution in [3.8, 4) is 5.75 Å². The highest BCUT2D eigenvalue weighted by Gasteiger charge is 2.24. The largest absolute Gasteiger partial charge is 0.482 e. The van der Waals surface area contributed by atoms with E-state index in [2.05, 4.69) is 32.7 Å². The van der Waals surface area contributed by atoms with Gasteiger partial charge in [0.1, 0.15) is 17.9 Å². The highest BCUT2D eigenvalue weighted by molar-refractivity contribution is 14.0. The van der Waals surface area contributed by atoms with E-state index >= 15 is 0 Å². The lowest BCUT2D eigenvalue weighted by Crippen LogP contribution is -2.42. The van der Waals surface area contributed by atoms with Crippen molar-refractivity contribution in [3.63, 3.8) is 0 Å². The zero-order chi connectivity index (χ0) is 19.8. The number of anilines is 1. The van der Waals surface area contributed by atoms with Gasteiger partial charge in [-0.2, -0.15) is 0 Å². The van der Waals surface area contributed by atoms with Gasteiger partial charge in [0.25, 0.3) is 5.91 Å². The Bertz CT molecular complexity index is 824. The molecule has 0 unspecified atom stereocenters. The number of hydrogen-bond donors (Lipinski definition) is 2. The number of benzene rings is 1. The van der Waals surface area contributed by atoms with E-state index in [0.29, 0.717) is 13.1 Å². The molecule has 0 saturated heterocycles.